The van der Waals surface area contributed by atoms with E-state index in [0.29, 0.717) is 5.69 Å². The molecule has 0 unspecified atom stereocenters. The molecule has 0 aliphatic rings. The van der Waals surface area contributed by atoms with Gasteiger partial charge in [0, 0.05) is 30.1 Å². The van der Waals surface area contributed by atoms with Gasteiger partial charge in [0.15, 0.2) is 0 Å². The zero-order valence-electron chi connectivity index (χ0n) is 12.7. The molecule has 0 saturated heterocycles. The fraction of sp³-hybridized carbons (Fsp3) is 0. The van der Waals surface area contributed by atoms with Crippen LogP contribution < -0.4 is 0 Å². The molecular weight excluding hydrogens is 348 g/mol. The van der Waals surface area contributed by atoms with Crippen molar-refractivity contribution in [2.75, 3.05) is 0 Å². The number of nitro groups is 2. The number of benzene rings is 1. The standard InChI is InChI=1S/C11H8N2O2.C5H3ClN2O2/c14-13(15)10-7-4-8-12-11(10)9-5-2-1-3-6-9;6-5-4(8(9)10)2-1-3-7-5/h1-8H;1-3H. The van der Waals surface area contributed by atoms with Crippen molar-refractivity contribution < 1.29 is 9.85 Å². The lowest BCUT2D eigenvalue weighted by atomic mass is 10.1. The van der Waals surface area contributed by atoms with E-state index in [1.807, 2.05) is 18.2 Å². The molecule has 9 heteroatoms. The average Bonchev–Trinajstić information content (AvgIpc) is 2.63. The zero-order valence-corrected chi connectivity index (χ0v) is 13.4. The highest BCUT2D eigenvalue weighted by molar-refractivity contribution is 6.31. The van der Waals surface area contributed by atoms with Crippen LogP contribution in [0.5, 0.6) is 0 Å². The van der Waals surface area contributed by atoms with Crippen molar-refractivity contribution in [2.45, 2.75) is 0 Å². The Morgan fingerprint density at radius 1 is 0.760 bits per heavy atom. The highest BCUT2D eigenvalue weighted by Crippen LogP contribution is 2.26. The molecule has 0 aliphatic heterocycles. The van der Waals surface area contributed by atoms with E-state index < -0.39 is 9.85 Å². The summed E-state index contributed by atoms with van der Waals surface area (Å²) in [6, 6.07) is 14.9. The first-order valence-corrected chi connectivity index (χ1v) is 7.28. The summed E-state index contributed by atoms with van der Waals surface area (Å²) >= 11 is 5.37. The quantitative estimate of drug-likeness (QED) is 0.392. The maximum Gasteiger partial charge on any atom is 0.306 e. The average molecular weight is 359 g/mol. The summed E-state index contributed by atoms with van der Waals surface area (Å²) in [6.45, 7) is 0. The molecule has 0 saturated carbocycles. The molecule has 0 amide bonds. The van der Waals surface area contributed by atoms with Gasteiger partial charge in [0.1, 0.15) is 5.69 Å². The third kappa shape index (κ3) is 4.79. The number of aromatic nitrogens is 2. The van der Waals surface area contributed by atoms with Crippen LogP contribution in [0.1, 0.15) is 0 Å². The summed E-state index contributed by atoms with van der Waals surface area (Å²) in [5.41, 5.74) is 1.03. The molecule has 1 aromatic carbocycles. The van der Waals surface area contributed by atoms with E-state index >= 15 is 0 Å². The second kappa shape index (κ2) is 8.46. The van der Waals surface area contributed by atoms with Gasteiger partial charge in [-0.05, 0) is 12.1 Å². The zero-order chi connectivity index (χ0) is 18.2. The van der Waals surface area contributed by atoms with Gasteiger partial charge in [-0.3, -0.25) is 20.2 Å². The van der Waals surface area contributed by atoms with Crippen molar-refractivity contribution >= 4 is 23.0 Å². The second-order valence-electron chi connectivity index (χ2n) is 4.56. The predicted octanol–water partition coefficient (Wildman–Crippen LogP) is 4.30. The molecular formula is C16H11ClN4O4. The lowest BCUT2D eigenvalue weighted by Gasteiger charge is -2.00. The van der Waals surface area contributed by atoms with E-state index in [1.54, 1.807) is 24.4 Å². The van der Waals surface area contributed by atoms with Crippen molar-refractivity contribution in [3.63, 3.8) is 0 Å². The van der Waals surface area contributed by atoms with E-state index in [-0.39, 0.29) is 16.5 Å². The van der Waals surface area contributed by atoms with Gasteiger partial charge in [-0.2, -0.15) is 0 Å². The van der Waals surface area contributed by atoms with Crippen molar-refractivity contribution in [3.8, 4) is 11.3 Å². The predicted molar refractivity (Wildman–Crippen MR) is 92.2 cm³/mol. The number of rotatable bonds is 3. The molecule has 2 heterocycles. The molecule has 0 radical (unpaired) electrons. The van der Waals surface area contributed by atoms with Crippen LogP contribution in [0, 0.1) is 20.2 Å². The van der Waals surface area contributed by atoms with Crippen molar-refractivity contribution in [1.29, 1.82) is 0 Å². The number of halogens is 1. The van der Waals surface area contributed by atoms with Crippen LogP contribution in [-0.2, 0) is 0 Å². The van der Waals surface area contributed by atoms with Gasteiger partial charge in [0.05, 0.1) is 9.85 Å². The molecule has 0 aliphatic carbocycles. The summed E-state index contributed by atoms with van der Waals surface area (Å²) in [6.07, 6.45) is 2.95. The first-order valence-electron chi connectivity index (χ1n) is 6.90. The fourth-order valence-electron chi connectivity index (χ4n) is 1.88. The van der Waals surface area contributed by atoms with E-state index in [1.165, 1.54) is 24.4 Å². The molecule has 3 aromatic rings. The van der Waals surface area contributed by atoms with Crippen LogP contribution in [-0.4, -0.2) is 19.8 Å². The lowest BCUT2D eigenvalue weighted by Crippen LogP contribution is -1.93. The highest BCUT2D eigenvalue weighted by atomic mass is 35.5. The summed E-state index contributed by atoms with van der Waals surface area (Å²) in [5.74, 6) is 0. The molecule has 2 aromatic heterocycles. The van der Waals surface area contributed by atoms with E-state index in [0.717, 1.165) is 5.56 Å². The molecule has 3 rings (SSSR count). The van der Waals surface area contributed by atoms with Crippen LogP contribution >= 0.6 is 11.6 Å². The normalized spacial score (nSPS) is 9.64. The molecule has 0 spiro atoms. The monoisotopic (exact) mass is 358 g/mol. The topological polar surface area (TPSA) is 112 Å². The Morgan fingerprint density at radius 3 is 1.84 bits per heavy atom. The van der Waals surface area contributed by atoms with E-state index in [2.05, 4.69) is 9.97 Å². The Bertz CT molecular complexity index is 890. The third-order valence-corrected chi connectivity index (χ3v) is 3.26. The molecule has 0 bridgehead atoms. The maximum absolute atomic E-state index is 10.8. The number of pyridine rings is 2. The Balaban J connectivity index is 0.000000196. The maximum atomic E-state index is 10.8. The Morgan fingerprint density at radius 2 is 1.32 bits per heavy atom. The van der Waals surface area contributed by atoms with E-state index in [9.17, 15) is 20.2 Å². The van der Waals surface area contributed by atoms with Crippen LogP contribution in [0.3, 0.4) is 0 Å². The minimum absolute atomic E-state index is 0.0312. The first kappa shape index (κ1) is 18.0. The third-order valence-electron chi connectivity index (χ3n) is 2.97. The van der Waals surface area contributed by atoms with E-state index in [4.69, 9.17) is 11.6 Å². The van der Waals surface area contributed by atoms with Crippen LogP contribution in [0.2, 0.25) is 5.15 Å². The summed E-state index contributed by atoms with van der Waals surface area (Å²) < 4.78 is 0. The van der Waals surface area contributed by atoms with Gasteiger partial charge in [-0.15, -0.1) is 0 Å². The number of hydrogen-bond acceptors (Lipinski definition) is 6. The van der Waals surface area contributed by atoms with Gasteiger partial charge < -0.3 is 0 Å². The molecule has 0 atom stereocenters. The summed E-state index contributed by atoms with van der Waals surface area (Å²) in [7, 11) is 0. The summed E-state index contributed by atoms with van der Waals surface area (Å²) in [4.78, 5) is 27.4. The Hall–Kier alpha value is -3.39. The van der Waals surface area contributed by atoms with Gasteiger partial charge in [-0.1, -0.05) is 41.9 Å². The van der Waals surface area contributed by atoms with Crippen LogP contribution in [0.25, 0.3) is 11.3 Å². The van der Waals surface area contributed by atoms with Crippen molar-refractivity contribution in [3.05, 3.63) is 92.4 Å². The van der Waals surface area contributed by atoms with Crippen molar-refractivity contribution in [1.82, 2.24) is 9.97 Å². The van der Waals surface area contributed by atoms with Gasteiger partial charge in [0.25, 0.3) is 5.69 Å². The smallest absolute Gasteiger partial charge is 0.258 e. The van der Waals surface area contributed by atoms with Gasteiger partial charge in [0.2, 0.25) is 5.15 Å². The van der Waals surface area contributed by atoms with Gasteiger partial charge in [-0.25, -0.2) is 9.97 Å². The fourth-order valence-corrected chi connectivity index (χ4v) is 2.06. The largest absolute Gasteiger partial charge is 0.306 e. The highest BCUT2D eigenvalue weighted by Gasteiger charge is 2.14. The molecule has 25 heavy (non-hydrogen) atoms. The Kier molecular flexibility index (Phi) is 6.08. The number of hydrogen-bond donors (Lipinski definition) is 0. The number of nitrogens with zero attached hydrogens (tertiary/aromatic N) is 4. The second-order valence-corrected chi connectivity index (χ2v) is 4.92. The first-order chi connectivity index (χ1) is 12.0. The minimum atomic E-state index is -0.574. The molecule has 8 nitrogen and oxygen atoms in total. The Labute approximate surface area is 147 Å². The van der Waals surface area contributed by atoms with Crippen molar-refractivity contribution in [2.24, 2.45) is 0 Å². The SMILES string of the molecule is O=[N+]([O-])c1cccnc1-c1ccccc1.O=[N+]([O-])c1cccnc1Cl. The molecule has 126 valence electrons. The minimum Gasteiger partial charge on any atom is -0.258 e. The lowest BCUT2D eigenvalue weighted by molar-refractivity contribution is -0.385. The summed E-state index contributed by atoms with van der Waals surface area (Å²) in [5, 5.41) is 20.8. The molecule has 0 fully saturated rings. The van der Waals surface area contributed by atoms with Crippen LogP contribution in [0.15, 0.2) is 67.0 Å². The van der Waals surface area contributed by atoms with Gasteiger partial charge >= 0.3 is 5.69 Å². The van der Waals surface area contributed by atoms with Crippen LogP contribution in [0.4, 0.5) is 11.4 Å². The molecule has 0 N–H and O–H groups in total.